The quantitative estimate of drug-likeness (QED) is 0.622. The lowest BCUT2D eigenvalue weighted by Crippen LogP contribution is -2.39. The maximum atomic E-state index is 12.4. The minimum absolute atomic E-state index is 0.0649. The molecule has 1 saturated heterocycles. The van der Waals surface area contributed by atoms with E-state index in [1.807, 2.05) is 6.07 Å². The van der Waals surface area contributed by atoms with E-state index in [4.69, 9.17) is 0 Å². The molecule has 1 N–H and O–H groups in total. The summed E-state index contributed by atoms with van der Waals surface area (Å²) in [6, 6.07) is 15.3. The van der Waals surface area contributed by atoms with Crippen molar-refractivity contribution in [3.63, 3.8) is 0 Å². The van der Waals surface area contributed by atoms with E-state index >= 15 is 0 Å². The highest BCUT2D eigenvalue weighted by Gasteiger charge is 2.23. The summed E-state index contributed by atoms with van der Waals surface area (Å²) in [5.74, 6) is 0.443. The lowest BCUT2D eigenvalue weighted by Gasteiger charge is -2.31. The molecule has 1 aliphatic heterocycles. The molecule has 2 aromatic carbocycles. The second-order valence-corrected chi connectivity index (χ2v) is 7.18. The van der Waals surface area contributed by atoms with E-state index in [9.17, 15) is 14.9 Å². The topological polar surface area (TPSA) is 75.5 Å². The van der Waals surface area contributed by atoms with Gasteiger partial charge >= 0.3 is 0 Å². The average Bonchev–Trinajstić information content (AvgIpc) is 2.65. The number of anilines is 1. The van der Waals surface area contributed by atoms with Gasteiger partial charge in [0.1, 0.15) is 5.69 Å². The molecule has 0 unspecified atom stereocenters. The van der Waals surface area contributed by atoms with Crippen LogP contribution in [-0.4, -0.2) is 35.4 Å². The molecule has 0 aliphatic carbocycles. The van der Waals surface area contributed by atoms with Crippen LogP contribution in [0.3, 0.4) is 0 Å². The molecule has 0 aromatic heterocycles. The van der Waals surface area contributed by atoms with Gasteiger partial charge in [0.2, 0.25) is 5.91 Å². The molecule has 0 radical (unpaired) electrons. The Hall–Kier alpha value is -2.73. The van der Waals surface area contributed by atoms with E-state index in [1.165, 1.54) is 11.6 Å². The predicted molar refractivity (Wildman–Crippen MR) is 106 cm³/mol. The first kappa shape index (κ1) is 19.0. The molecule has 1 heterocycles. The van der Waals surface area contributed by atoms with Crippen molar-refractivity contribution in [2.75, 3.05) is 25.0 Å². The van der Waals surface area contributed by atoms with Crippen LogP contribution in [0.1, 0.15) is 24.0 Å². The fourth-order valence-corrected chi connectivity index (χ4v) is 3.65. The van der Waals surface area contributed by atoms with Crippen LogP contribution in [0.2, 0.25) is 0 Å². The fraction of sp³-hybridized carbons (Fsp3) is 0.381. The summed E-state index contributed by atoms with van der Waals surface area (Å²) in [5, 5.41) is 13.9. The predicted octanol–water partition coefficient (Wildman–Crippen LogP) is 3.80. The number of nitro benzene ring substituents is 1. The second-order valence-electron chi connectivity index (χ2n) is 7.18. The summed E-state index contributed by atoms with van der Waals surface area (Å²) in [6.07, 6.45) is 3.20. The van der Waals surface area contributed by atoms with Crippen LogP contribution in [0.5, 0.6) is 0 Å². The maximum Gasteiger partial charge on any atom is 0.293 e. The third kappa shape index (κ3) is 5.14. The molecular weight excluding hydrogens is 342 g/mol. The molecule has 0 spiro atoms. The number of hydrogen-bond donors (Lipinski definition) is 1. The number of nitrogens with zero attached hydrogens (tertiary/aromatic N) is 2. The molecule has 3 rings (SSSR count). The molecule has 2 aromatic rings. The van der Waals surface area contributed by atoms with Crippen molar-refractivity contribution in [2.24, 2.45) is 5.92 Å². The summed E-state index contributed by atoms with van der Waals surface area (Å²) < 4.78 is 0. The number of piperidine rings is 1. The van der Waals surface area contributed by atoms with Gasteiger partial charge in [-0.3, -0.25) is 19.8 Å². The number of nitrogens with one attached hydrogen (secondary N) is 1. The highest BCUT2D eigenvalue weighted by molar-refractivity contribution is 5.95. The Bertz CT molecular complexity index is 800. The van der Waals surface area contributed by atoms with Gasteiger partial charge in [-0.15, -0.1) is 0 Å². The van der Waals surface area contributed by atoms with Crippen molar-refractivity contribution >= 4 is 17.3 Å². The molecule has 0 bridgehead atoms. The van der Waals surface area contributed by atoms with Crippen molar-refractivity contribution in [1.82, 2.24) is 4.90 Å². The number of hydrogen-bond acceptors (Lipinski definition) is 4. The van der Waals surface area contributed by atoms with Gasteiger partial charge in [0.25, 0.3) is 5.69 Å². The van der Waals surface area contributed by atoms with E-state index in [0.717, 1.165) is 32.4 Å². The number of likely N-dealkylation sites (tertiary alicyclic amines) is 1. The molecule has 1 aliphatic rings. The summed E-state index contributed by atoms with van der Waals surface area (Å²) in [5.41, 5.74) is 2.29. The number of aryl methyl sites for hydroxylation is 1. The Morgan fingerprint density at radius 3 is 2.52 bits per heavy atom. The van der Waals surface area contributed by atoms with Crippen LogP contribution < -0.4 is 5.32 Å². The molecule has 1 fully saturated rings. The maximum absolute atomic E-state index is 12.4. The van der Waals surface area contributed by atoms with Crippen molar-refractivity contribution in [3.05, 3.63) is 69.8 Å². The summed E-state index contributed by atoms with van der Waals surface area (Å²) >= 11 is 0. The van der Waals surface area contributed by atoms with Crippen molar-refractivity contribution < 1.29 is 9.72 Å². The van der Waals surface area contributed by atoms with Crippen molar-refractivity contribution in [3.8, 4) is 0 Å². The van der Waals surface area contributed by atoms with Gasteiger partial charge in [-0.2, -0.15) is 0 Å². The first-order valence-corrected chi connectivity index (χ1v) is 9.33. The fourth-order valence-electron chi connectivity index (χ4n) is 3.65. The van der Waals surface area contributed by atoms with Crippen LogP contribution in [0, 0.1) is 23.0 Å². The normalized spacial score (nSPS) is 15.4. The zero-order chi connectivity index (χ0) is 19.2. The summed E-state index contributed by atoms with van der Waals surface area (Å²) in [7, 11) is 0. The number of para-hydroxylation sites is 1. The Kier molecular flexibility index (Phi) is 6.19. The van der Waals surface area contributed by atoms with Gasteiger partial charge in [0.05, 0.1) is 11.5 Å². The number of nitro groups is 1. The average molecular weight is 367 g/mol. The first-order valence-electron chi connectivity index (χ1n) is 9.33. The molecule has 6 heteroatoms. The SMILES string of the molecule is Cc1cccc([N+](=O)[O-])c1NC(=O)CN1CCC(Cc2ccccc2)CC1. The molecule has 6 nitrogen and oxygen atoms in total. The van der Waals surface area contributed by atoms with Gasteiger partial charge < -0.3 is 5.32 Å². The molecule has 1 amide bonds. The van der Waals surface area contributed by atoms with E-state index in [-0.39, 0.29) is 18.1 Å². The van der Waals surface area contributed by atoms with E-state index in [2.05, 4.69) is 34.5 Å². The third-order valence-electron chi connectivity index (χ3n) is 5.15. The minimum atomic E-state index is -0.461. The summed E-state index contributed by atoms with van der Waals surface area (Å²) in [4.78, 5) is 25.2. The van der Waals surface area contributed by atoms with Gasteiger partial charge in [0.15, 0.2) is 0 Å². The van der Waals surface area contributed by atoms with Crippen LogP contribution in [-0.2, 0) is 11.2 Å². The standard InChI is InChI=1S/C21H25N3O3/c1-16-6-5-9-19(24(26)27)21(16)22-20(25)15-23-12-10-18(11-13-23)14-17-7-3-2-4-8-17/h2-9,18H,10-15H2,1H3,(H,22,25). The number of carbonyl (C=O) groups is 1. The van der Waals surface area contributed by atoms with Crippen molar-refractivity contribution in [1.29, 1.82) is 0 Å². The smallest absolute Gasteiger partial charge is 0.293 e. The molecule has 0 atom stereocenters. The van der Waals surface area contributed by atoms with Crippen LogP contribution in [0.4, 0.5) is 11.4 Å². The number of rotatable bonds is 6. The zero-order valence-electron chi connectivity index (χ0n) is 15.6. The largest absolute Gasteiger partial charge is 0.319 e. The monoisotopic (exact) mass is 367 g/mol. The van der Waals surface area contributed by atoms with E-state index in [0.29, 0.717) is 17.2 Å². The van der Waals surface area contributed by atoms with Gasteiger partial charge in [-0.25, -0.2) is 0 Å². The molecule has 27 heavy (non-hydrogen) atoms. The first-order chi connectivity index (χ1) is 13.0. The Morgan fingerprint density at radius 1 is 1.15 bits per heavy atom. The highest BCUT2D eigenvalue weighted by Crippen LogP contribution is 2.28. The van der Waals surface area contributed by atoms with Gasteiger partial charge in [-0.05, 0) is 56.3 Å². The van der Waals surface area contributed by atoms with Crippen molar-refractivity contribution in [2.45, 2.75) is 26.2 Å². The zero-order valence-corrected chi connectivity index (χ0v) is 15.6. The Morgan fingerprint density at radius 2 is 1.85 bits per heavy atom. The Balaban J connectivity index is 1.51. The second kappa shape index (κ2) is 8.77. The minimum Gasteiger partial charge on any atom is -0.319 e. The number of benzene rings is 2. The van der Waals surface area contributed by atoms with Gasteiger partial charge in [-0.1, -0.05) is 42.5 Å². The molecule has 142 valence electrons. The number of amides is 1. The number of carbonyl (C=O) groups excluding carboxylic acids is 1. The van der Waals surface area contributed by atoms with Crippen LogP contribution in [0.15, 0.2) is 48.5 Å². The van der Waals surface area contributed by atoms with E-state index in [1.54, 1.807) is 19.1 Å². The van der Waals surface area contributed by atoms with Crippen LogP contribution >= 0.6 is 0 Å². The van der Waals surface area contributed by atoms with E-state index < -0.39 is 4.92 Å². The third-order valence-corrected chi connectivity index (χ3v) is 5.15. The Labute approximate surface area is 159 Å². The lowest BCUT2D eigenvalue weighted by molar-refractivity contribution is -0.384. The molecular formula is C21H25N3O3. The lowest BCUT2D eigenvalue weighted by atomic mass is 9.90. The highest BCUT2D eigenvalue weighted by atomic mass is 16.6. The van der Waals surface area contributed by atoms with Gasteiger partial charge in [0, 0.05) is 6.07 Å². The summed E-state index contributed by atoms with van der Waals surface area (Å²) in [6.45, 7) is 3.78. The molecule has 0 saturated carbocycles. The van der Waals surface area contributed by atoms with Crippen LogP contribution in [0.25, 0.3) is 0 Å².